The Bertz CT molecular complexity index is 1160. The molecule has 7 nitrogen and oxygen atoms in total. The predicted molar refractivity (Wildman–Crippen MR) is 136 cm³/mol. The molecule has 0 aromatic heterocycles. The summed E-state index contributed by atoms with van der Waals surface area (Å²) in [7, 11) is 3.52. The van der Waals surface area contributed by atoms with Crippen LogP contribution in [0.15, 0.2) is 48.5 Å². The van der Waals surface area contributed by atoms with E-state index in [0.717, 1.165) is 9.88 Å². The number of halogens is 1. The second-order valence-electron chi connectivity index (χ2n) is 9.07. The summed E-state index contributed by atoms with van der Waals surface area (Å²) in [6.45, 7) is 4.15. The summed E-state index contributed by atoms with van der Waals surface area (Å²) in [5, 5.41) is 2.18. The van der Waals surface area contributed by atoms with Gasteiger partial charge < -0.3 is 9.64 Å². The molecular weight excluding hydrogens is 494 g/mol. The van der Waals surface area contributed by atoms with Crippen molar-refractivity contribution in [3.8, 4) is 5.75 Å². The van der Waals surface area contributed by atoms with E-state index < -0.39 is 18.1 Å². The molecule has 5 rings (SSSR count). The van der Waals surface area contributed by atoms with Crippen molar-refractivity contribution in [1.82, 2.24) is 9.96 Å². The molecule has 3 fully saturated rings. The lowest BCUT2D eigenvalue weighted by molar-refractivity contribution is -0.188. The predicted octanol–water partition coefficient (Wildman–Crippen LogP) is 4.26. The zero-order chi connectivity index (χ0) is 24.4. The monoisotopic (exact) mass is 517 g/mol. The number of thioether (sulfide) groups is 1. The fourth-order valence-corrected chi connectivity index (χ4v) is 6.67. The number of imide groups is 1. The molecule has 4 atom stereocenters. The minimum atomic E-state index is -0.925. The minimum absolute atomic E-state index is 0.216. The topological polar surface area (TPSA) is 62.3 Å². The van der Waals surface area contributed by atoms with Crippen molar-refractivity contribution in [2.45, 2.75) is 36.9 Å². The SMILES string of the molecule is COc1ccc(N2C(=O)[C@H]3[C@H](ON([C@H]4SC(=S)N(C)C4(C)C)[C@H]3c3ccc(Cl)cc3)C2=O)cc1. The van der Waals surface area contributed by atoms with Crippen molar-refractivity contribution in [3.05, 3.63) is 59.1 Å². The summed E-state index contributed by atoms with van der Waals surface area (Å²) in [4.78, 5) is 36.8. The number of nitrogens with zero attached hydrogens (tertiary/aromatic N) is 3. The fourth-order valence-electron chi connectivity index (χ4n) is 4.72. The van der Waals surface area contributed by atoms with E-state index in [2.05, 4.69) is 13.8 Å². The number of hydroxylamine groups is 2. The van der Waals surface area contributed by atoms with Crippen LogP contribution in [0.4, 0.5) is 5.69 Å². The molecule has 3 heterocycles. The number of rotatable bonds is 4. The smallest absolute Gasteiger partial charge is 0.265 e. The highest BCUT2D eigenvalue weighted by atomic mass is 35.5. The number of thiocarbonyl (C=S) groups is 1. The molecule has 2 amide bonds. The zero-order valence-electron chi connectivity index (χ0n) is 19.1. The Balaban J connectivity index is 1.55. The van der Waals surface area contributed by atoms with Crippen molar-refractivity contribution in [2.75, 3.05) is 19.1 Å². The molecule has 34 heavy (non-hydrogen) atoms. The van der Waals surface area contributed by atoms with E-state index in [-0.39, 0.29) is 22.7 Å². The molecule has 0 spiro atoms. The summed E-state index contributed by atoms with van der Waals surface area (Å²) < 4.78 is 5.94. The summed E-state index contributed by atoms with van der Waals surface area (Å²) in [6.07, 6.45) is -0.925. The Morgan fingerprint density at radius 1 is 1.06 bits per heavy atom. The molecule has 3 saturated heterocycles. The fraction of sp³-hybridized carbons (Fsp3) is 0.375. The van der Waals surface area contributed by atoms with Gasteiger partial charge in [0.15, 0.2) is 6.10 Å². The number of ether oxygens (including phenoxy) is 1. The van der Waals surface area contributed by atoms with Crippen LogP contribution in [0, 0.1) is 5.92 Å². The van der Waals surface area contributed by atoms with Crippen LogP contribution >= 0.6 is 35.6 Å². The number of amides is 2. The van der Waals surface area contributed by atoms with Crippen LogP contribution in [0.1, 0.15) is 25.5 Å². The lowest BCUT2D eigenvalue weighted by Gasteiger charge is -2.39. The van der Waals surface area contributed by atoms with Gasteiger partial charge in [0.2, 0.25) is 5.91 Å². The van der Waals surface area contributed by atoms with E-state index >= 15 is 0 Å². The first-order valence-corrected chi connectivity index (χ1v) is 12.5. The summed E-state index contributed by atoms with van der Waals surface area (Å²) in [5.74, 6) is -0.727. The lowest BCUT2D eigenvalue weighted by atomic mass is 9.90. The van der Waals surface area contributed by atoms with Gasteiger partial charge in [-0.3, -0.25) is 14.4 Å². The van der Waals surface area contributed by atoms with E-state index in [1.165, 1.54) is 16.7 Å². The molecule has 0 aliphatic carbocycles. The van der Waals surface area contributed by atoms with Crippen molar-refractivity contribution in [3.63, 3.8) is 0 Å². The van der Waals surface area contributed by atoms with Gasteiger partial charge >= 0.3 is 0 Å². The molecule has 0 bridgehead atoms. The molecule has 3 aliphatic heterocycles. The molecule has 0 N–H and O–H groups in total. The second kappa shape index (κ2) is 8.49. The Labute approximate surface area is 212 Å². The van der Waals surface area contributed by atoms with Gasteiger partial charge in [0.25, 0.3) is 5.91 Å². The second-order valence-corrected chi connectivity index (χ2v) is 11.2. The Morgan fingerprint density at radius 2 is 1.71 bits per heavy atom. The molecule has 10 heteroatoms. The molecule has 0 unspecified atom stereocenters. The van der Waals surface area contributed by atoms with E-state index in [9.17, 15) is 9.59 Å². The highest BCUT2D eigenvalue weighted by Gasteiger charge is 2.63. The van der Waals surface area contributed by atoms with Crippen LogP contribution in [0.5, 0.6) is 5.75 Å². The highest BCUT2D eigenvalue weighted by molar-refractivity contribution is 8.23. The molecule has 0 saturated carbocycles. The minimum Gasteiger partial charge on any atom is -0.497 e. The first-order valence-electron chi connectivity index (χ1n) is 10.8. The van der Waals surface area contributed by atoms with E-state index in [4.69, 9.17) is 33.4 Å². The first kappa shape index (κ1) is 23.6. The summed E-state index contributed by atoms with van der Waals surface area (Å²) in [5.41, 5.74) is 0.963. The maximum absolute atomic E-state index is 13.8. The molecule has 3 aliphatic rings. The molecule has 2 aromatic carbocycles. The Hall–Kier alpha value is -2.17. The van der Waals surface area contributed by atoms with Crippen molar-refractivity contribution in [2.24, 2.45) is 5.92 Å². The standard InChI is InChI=1S/C24H24ClN3O4S2/c1-24(2)22(34-23(33)26(24)3)28-18(13-5-7-14(25)8-6-13)17-19(32-28)21(30)27(20(17)29)15-9-11-16(31-4)12-10-15/h5-12,17-19,22H,1-4H3/t17-,18+,19+,22+/m1/s1. The third-order valence-corrected chi connectivity index (χ3v) is 9.17. The molecular formula is C24H24ClN3O4S2. The van der Waals surface area contributed by atoms with Crippen molar-refractivity contribution >= 4 is 57.4 Å². The third-order valence-electron chi connectivity index (χ3n) is 6.87. The lowest BCUT2D eigenvalue weighted by Crippen LogP contribution is -2.51. The molecule has 0 radical (unpaired) electrons. The van der Waals surface area contributed by atoms with Crippen LogP contribution in [0.2, 0.25) is 5.02 Å². The number of hydrogen-bond donors (Lipinski definition) is 0. The number of carbonyl (C=O) groups is 2. The number of anilines is 1. The van der Waals surface area contributed by atoms with Crippen LogP contribution < -0.4 is 9.64 Å². The largest absolute Gasteiger partial charge is 0.497 e. The number of likely N-dealkylation sites (N-methyl/N-ethyl adjacent to an activating group) is 1. The summed E-state index contributed by atoms with van der Waals surface area (Å²) in [6, 6.07) is 13.7. The third kappa shape index (κ3) is 3.53. The van der Waals surface area contributed by atoms with E-state index in [0.29, 0.717) is 16.5 Å². The maximum Gasteiger partial charge on any atom is 0.265 e. The van der Waals surface area contributed by atoms with Gasteiger partial charge in [-0.15, -0.1) is 0 Å². The number of benzene rings is 2. The number of hydrogen-bond acceptors (Lipinski definition) is 7. The normalized spacial score (nSPS) is 28.7. The zero-order valence-corrected chi connectivity index (χ0v) is 21.5. The Kier molecular flexibility index (Phi) is 5.89. The molecule has 178 valence electrons. The van der Waals surface area contributed by atoms with Crippen LogP contribution in [-0.2, 0) is 14.4 Å². The van der Waals surface area contributed by atoms with Crippen LogP contribution in [0.3, 0.4) is 0 Å². The Morgan fingerprint density at radius 3 is 2.26 bits per heavy atom. The van der Waals surface area contributed by atoms with Crippen LogP contribution in [0.25, 0.3) is 0 Å². The van der Waals surface area contributed by atoms with Gasteiger partial charge in [-0.25, -0.2) is 4.90 Å². The maximum atomic E-state index is 13.8. The number of methoxy groups -OCH3 is 1. The van der Waals surface area contributed by atoms with Gasteiger partial charge in [-0.1, -0.05) is 47.7 Å². The van der Waals surface area contributed by atoms with E-state index in [1.807, 2.05) is 24.1 Å². The number of fused-ring (bicyclic) bond motifs is 1. The quantitative estimate of drug-likeness (QED) is 0.440. The van der Waals surface area contributed by atoms with Gasteiger partial charge in [0.1, 0.15) is 15.4 Å². The first-order chi connectivity index (χ1) is 16.1. The van der Waals surface area contributed by atoms with Crippen LogP contribution in [-0.4, -0.2) is 57.3 Å². The van der Waals surface area contributed by atoms with Gasteiger partial charge in [-0.05, 0) is 55.8 Å². The average molecular weight is 518 g/mol. The van der Waals surface area contributed by atoms with Crippen molar-refractivity contribution < 1.29 is 19.2 Å². The van der Waals surface area contributed by atoms with Gasteiger partial charge in [0.05, 0.1) is 30.3 Å². The van der Waals surface area contributed by atoms with E-state index in [1.54, 1.807) is 48.6 Å². The van der Waals surface area contributed by atoms with Gasteiger partial charge in [-0.2, -0.15) is 5.06 Å². The number of carbonyl (C=O) groups excluding carboxylic acids is 2. The average Bonchev–Trinajstić information content (AvgIpc) is 3.39. The molecule has 2 aromatic rings. The highest BCUT2D eigenvalue weighted by Crippen LogP contribution is 2.52. The van der Waals surface area contributed by atoms with Gasteiger partial charge in [0, 0.05) is 12.1 Å². The summed E-state index contributed by atoms with van der Waals surface area (Å²) >= 11 is 13.2. The van der Waals surface area contributed by atoms with Crippen molar-refractivity contribution in [1.29, 1.82) is 0 Å².